The van der Waals surface area contributed by atoms with Gasteiger partial charge in [0.2, 0.25) is 0 Å². The lowest BCUT2D eigenvalue weighted by atomic mass is 10.5. The molecule has 0 aliphatic heterocycles. The number of hydrogen-bond acceptors (Lipinski definition) is 5. The lowest BCUT2D eigenvalue weighted by molar-refractivity contribution is -0.136. The molecule has 0 saturated carbocycles. The van der Waals surface area contributed by atoms with E-state index in [9.17, 15) is 4.79 Å². The summed E-state index contributed by atoms with van der Waals surface area (Å²) in [5, 5.41) is 12.2. The van der Waals surface area contributed by atoms with E-state index in [1.54, 1.807) is 18.7 Å². The number of carbonyl (C=O) groups is 1. The quantitative estimate of drug-likeness (QED) is 0.640. The van der Waals surface area contributed by atoms with Crippen molar-refractivity contribution in [1.29, 1.82) is 0 Å². The number of aromatic nitrogens is 2. The van der Waals surface area contributed by atoms with Crippen LogP contribution in [0.5, 0.6) is 0 Å². The monoisotopic (exact) mass is 236 g/mol. The van der Waals surface area contributed by atoms with Gasteiger partial charge in [-0.1, -0.05) is 23.1 Å². The average molecular weight is 236 g/mol. The molecule has 0 aromatic carbocycles. The predicted octanol–water partition coefficient (Wildman–Crippen LogP) is 1.78. The Morgan fingerprint density at radius 1 is 1.85 bits per heavy atom. The van der Waals surface area contributed by atoms with Gasteiger partial charge in [-0.25, -0.2) is 4.68 Å². The van der Waals surface area contributed by atoms with Crippen LogP contribution in [0.25, 0.3) is 0 Å². The molecule has 1 unspecified atom stereocenters. The first-order chi connectivity index (χ1) is 6.00. The van der Waals surface area contributed by atoms with Gasteiger partial charge >= 0.3 is 5.97 Å². The number of hydrogen-bond donors (Lipinski definition) is 1. The van der Waals surface area contributed by atoms with Crippen LogP contribution in [0, 0.1) is 3.95 Å². The van der Waals surface area contributed by atoms with Crippen LogP contribution in [-0.4, -0.2) is 26.1 Å². The van der Waals surface area contributed by atoms with Crippen LogP contribution in [0.1, 0.15) is 6.92 Å². The number of rotatable bonds is 3. The van der Waals surface area contributed by atoms with E-state index in [0.717, 1.165) is 0 Å². The zero-order valence-electron chi connectivity index (χ0n) is 7.05. The van der Waals surface area contributed by atoms with Gasteiger partial charge in [0.25, 0.3) is 0 Å². The third-order valence-corrected chi connectivity index (χ3v) is 3.88. The SMILES string of the molecule is CC(Sc1nn(C)c(=S)s1)C(=O)O. The second kappa shape index (κ2) is 4.21. The highest BCUT2D eigenvalue weighted by Gasteiger charge is 2.14. The Morgan fingerprint density at radius 3 is 2.85 bits per heavy atom. The maximum absolute atomic E-state index is 10.5. The summed E-state index contributed by atoms with van der Waals surface area (Å²) >= 11 is 7.48. The van der Waals surface area contributed by atoms with Crippen LogP contribution >= 0.6 is 35.3 Å². The number of aryl methyl sites for hydroxylation is 1. The summed E-state index contributed by atoms with van der Waals surface area (Å²) in [4.78, 5) is 10.5. The normalized spacial score (nSPS) is 12.8. The lowest BCUT2D eigenvalue weighted by Gasteiger charge is -2.00. The van der Waals surface area contributed by atoms with Gasteiger partial charge in [-0.2, -0.15) is 5.10 Å². The molecule has 1 atom stereocenters. The Balaban J connectivity index is 2.75. The molecular formula is C6H8N2O2S3. The number of carboxylic acids is 1. The first-order valence-corrected chi connectivity index (χ1v) is 5.54. The van der Waals surface area contributed by atoms with E-state index in [4.69, 9.17) is 17.3 Å². The number of aliphatic carboxylic acids is 1. The van der Waals surface area contributed by atoms with Gasteiger partial charge < -0.3 is 5.11 Å². The maximum Gasteiger partial charge on any atom is 0.316 e. The van der Waals surface area contributed by atoms with E-state index >= 15 is 0 Å². The summed E-state index contributed by atoms with van der Waals surface area (Å²) in [6, 6.07) is 0. The molecule has 0 amide bonds. The summed E-state index contributed by atoms with van der Waals surface area (Å²) in [7, 11) is 1.74. The molecule has 0 aliphatic rings. The van der Waals surface area contributed by atoms with Crippen LogP contribution in [-0.2, 0) is 11.8 Å². The molecule has 0 bridgehead atoms. The molecule has 0 saturated heterocycles. The van der Waals surface area contributed by atoms with Gasteiger partial charge in [0.1, 0.15) is 5.25 Å². The second-order valence-electron chi connectivity index (χ2n) is 2.36. The molecule has 72 valence electrons. The van der Waals surface area contributed by atoms with Gasteiger partial charge in [-0.15, -0.1) is 0 Å². The first-order valence-electron chi connectivity index (χ1n) is 3.44. The van der Waals surface area contributed by atoms with Crippen molar-refractivity contribution in [1.82, 2.24) is 9.78 Å². The average Bonchev–Trinajstić information content (AvgIpc) is 2.31. The summed E-state index contributed by atoms with van der Waals surface area (Å²) < 4.78 is 2.92. The second-order valence-corrected chi connectivity index (χ2v) is 5.57. The van der Waals surface area contributed by atoms with Crippen LogP contribution in [0.15, 0.2) is 4.34 Å². The molecule has 7 heteroatoms. The van der Waals surface area contributed by atoms with Crippen LogP contribution in [0.2, 0.25) is 0 Å². The number of nitrogens with zero attached hydrogens (tertiary/aromatic N) is 2. The standard InChI is InChI=1S/C6H8N2O2S3/c1-3(4(9)10)12-5-7-8(2)6(11)13-5/h3H,1-2H3,(H,9,10). The molecule has 1 heterocycles. The zero-order chi connectivity index (χ0) is 10.0. The fourth-order valence-corrected chi connectivity index (χ4v) is 2.93. The van der Waals surface area contributed by atoms with Crippen molar-refractivity contribution in [2.45, 2.75) is 16.5 Å². The van der Waals surface area contributed by atoms with E-state index in [1.165, 1.54) is 23.1 Å². The molecular weight excluding hydrogens is 228 g/mol. The third kappa shape index (κ3) is 2.78. The third-order valence-electron chi connectivity index (χ3n) is 1.30. The minimum Gasteiger partial charge on any atom is -0.480 e. The molecule has 4 nitrogen and oxygen atoms in total. The molecule has 1 aromatic rings. The van der Waals surface area contributed by atoms with E-state index < -0.39 is 11.2 Å². The predicted molar refractivity (Wildman–Crippen MR) is 54.9 cm³/mol. The molecule has 13 heavy (non-hydrogen) atoms. The minimum absolute atomic E-state index is 0.486. The van der Waals surface area contributed by atoms with Crippen molar-refractivity contribution in [3.8, 4) is 0 Å². The fraction of sp³-hybridized carbons (Fsp3) is 0.500. The first kappa shape index (κ1) is 10.7. The maximum atomic E-state index is 10.5. The van der Waals surface area contributed by atoms with E-state index in [-0.39, 0.29) is 0 Å². The zero-order valence-corrected chi connectivity index (χ0v) is 9.50. The molecule has 0 radical (unpaired) electrons. The van der Waals surface area contributed by atoms with Crippen molar-refractivity contribution in [3.05, 3.63) is 3.95 Å². The highest BCUT2D eigenvalue weighted by atomic mass is 32.2. The van der Waals surface area contributed by atoms with Gasteiger partial charge in [0.05, 0.1) is 0 Å². The molecule has 1 N–H and O–H groups in total. The van der Waals surface area contributed by atoms with Crippen LogP contribution < -0.4 is 0 Å². The summed E-state index contributed by atoms with van der Waals surface area (Å²) in [5.41, 5.74) is 0. The van der Waals surface area contributed by atoms with Crippen molar-refractivity contribution in [2.24, 2.45) is 7.05 Å². The van der Waals surface area contributed by atoms with Crippen LogP contribution in [0.4, 0.5) is 0 Å². The summed E-state index contributed by atoms with van der Waals surface area (Å²) in [6.45, 7) is 1.62. The molecule has 0 fully saturated rings. The van der Waals surface area contributed by atoms with E-state index in [1.807, 2.05) is 0 Å². The fourth-order valence-electron chi connectivity index (χ4n) is 0.574. The molecule has 1 aromatic heterocycles. The number of carboxylic acid groups (broad SMARTS) is 1. The van der Waals surface area contributed by atoms with E-state index in [0.29, 0.717) is 8.29 Å². The topological polar surface area (TPSA) is 55.1 Å². The van der Waals surface area contributed by atoms with Gasteiger partial charge in [0.15, 0.2) is 8.29 Å². The Labute approximate surface area is 88.6 Å². The highest BCUT2D eigenvalue weighted by molar-refractivity contribution is 8.02. The van der Waals surface area contributed by atoms with Crippen molar-refractivity contribution >= 4 is 41.3 Å². The molecule has 0 spiro atoms. The Bertz CT molecular complexity index is 370. The van der Waals surface area contributed by atoms with Crippen molar-refractivity contribution < 1.29 is 9.90 Å². The Kier molecular flexibility index (Phi) is 3.46. The van der Waals surface area contributed by atoms with Gasteiger partial charge in [0, 0.05) is 7.05 Å². The Hall–Kier alpha value is -0.400. The highest BCUT2D eigenvalue weighted by Crippen LogP contribution is 2.25. The molecule has 1 rings (SSSR count). The van der Waals surface area contributed by atoms with Crippen molar-refractivity contribution in [2.75, 3.05) is 0 Å². The van der Waals surface area contributed by atoms with Crippen molar-refractivity contribution in [3.63, 3.8) is 0 Å². The Morgan fingerprint density at radius 2 is 2.46 bits per heavy atom. The van der Waals surface area contributed by atoms with E-state index in [2.05, 4.69) is 5.10 Å². The number of thioether (sulfide) groups is 1. The lowest BCUT2D eigenvalue weighted by Crippen LogP contribution is -2.11. The molecule has 0 aliphatic carbocycles. The van der Waals surface area contributed by atoms with Crippen LogP contribution in [0.3, 0.4) is 0 Å². The summed E-state index contributed by atoms with van der Waals surface area (Å²) in [6.07, 6.45) is 0. The smallest absolute Gasteiger partial charge is 0.316 e. The minimum atomic E-state index is -0.839. The largest absolute Gasteiger partial charge is 0.480 e. The van der Waals surface area contributed by atoms with Gasteiger partial charge in [-0.05, 0) is 19.1 Å². The summed E-state index contributed by atoms with van der Waals surface area (Å²) in [5.74, 6) is -0.839. The van der Waals surface area contributed by atoms with Gasteiger partial charge in [-0.3, -0.25) is 4.79 Å².